The van der Waals surface area contributed by atoms with E-state index in [1.54, 1.807) is 9.80 Å². The molecule has 0 unspecified atom stereocenters. The van der Waals surface area contributed by atoms with Crippen molar-refractivity contribution in [3.63, 3.8) is 0 Å². The number of rotatable bonds is 7. The number of fused-ring (bicyclic) bond motifs is 1. The second kappa shape index (κ2) is 11.2. The van der Waals surface area contributed by atoms with E-state index in [9.17, 15) is 27.2 Å². The van der Waals surface area contributed by atoms with E-state index in [2.05, 4.69) is 35.3 Å². The predicted molar refractivity (Wildman–Crippen MR) is 152 cm³/mol. The van der Waals surface area contributed by atoms with Crippen molar-refractivity contribution in [1.29, 1.82) is 0 Å². The van der Waals surface area contributed by atoms with Crippen LogP contribution in [0.3, 0.4) is 0 Å². The van der Waals surface area contributed by atoms with Crippen LogP contribution >= 0.6 is 0 Å². The van der Waals surface area contributed by atoms with Crippen molar-refractivity contribution in [3.05, 3.63) is 58.8 Å². The van der Waals surface area contributed by atoms with Gasteiger partial charge in [-0.1, -0.05) is 26.5 Å². The molecule has 14 heteroatoms. The van der Waals surface area contributed by atoms with Crippen LogP contribution in [0.2, 0.25) is 0 Å². The van der Waals surface area contributed by atoms with Crippen LogP contribution in [0, 0.1) is 5.82 Å². The van der Waals surface area contributed by atoms with Crippen LogP contribution in [0.4, 0.5) is 35.0 Å². The molecule has 42 heavy (non-hydrogen) atoms. The van der Waals surface area contributed by atoms with Crippen LogP contribution in [0.1, 0.15) is 19.5 Å². The van der Waals surface area contributed by atoms with E-state index in [0.717, 1.165) is 25.2 Å². The lowest BCUT2D eigenvalue weighted by atomic mass is 10.1. The van der Waals surface area contributed by atoms with Gasteiger partial charge in [-0.25, -0.2) is 9.37 Å². The maximum absolute atomic E-state index is 14.9. The first-order chi connectivity index (χ1) is 20.0. The van der Waals surface area contributed by atoms with E-state index < -0.39 is 28.9 Å². The lowest BCUT2D eigenvalue weighted by molar-refractivity contribution is -0.142. The molecule has 0 saturated carbocycles. The summed E-state index contributed by atoms with van der Waals surface area (Å²) in [5.74, 6) is -1.00. The smallest absolute Gasteiger partial charge is 0.397 e. The van der Waals surface area contributed by atoms with E-state index in [4.69, 9.17) is 5.73 Å². The van der Waals surface area contributed by atoms with E-state index in [1.165, 1.54) is 18.2 Å². The number of hydrogen-bond acceptors (Lipinski definition) is 8. The van der Waals surface area contributed by atoms with E-state index >= 15 is 0 Å². The Balaban J connectivity index is 1.70. The number of carbonyl (C=O) groups excluding carboxylic acids is 1. The summed E-state index contributed by atoms with van der Waals surface area (Å²) in [5, 5.41) is -0.119. The second-order valence-electron chi connectivity index (χ2n) is 10.3. The SMILES string of the molecule is C=CC(=O)N1CCN(c2nc(N3CC(N(CC)CC)C3)nc3c(=O)n(-c4c(N)cccc4F)c(C(F)(F)F)cc23)CC1. The number of aromatic nitrogens is 3. The van der Waals surface area contributed by atoms with Gasteiger partial charge in [0.25, 0.3) is 5.56 Å². The zero-order valence-electron chi connectivity index (χ0n) is 23.4. The third kappa shape index (κ3) is 5.14. The number of para-hydroxylation sites is 1. The molecular formula is C28H32F4N8O2. The summed E-state index contributed by atoms with van der Waals surface area (Å²) in [4.78, 5) is 42.6. The number of halogens is 4. The molecule has 2 aliphatic rings. The number of nitrogens with zero attached hydrogens (tertiary/aromatic N) is 7. The first-order valence-corrected chi connectivity index (χ1v) is 13.7. The van der Waals surface area contributed by atoms with Gasteiger partial charge < -0.3 is 20.4 Å². The van der Waals surface area contributed by atoms with Crippen molar-refractivity contribution in [2.45, 2.75) is 26.1 Å². The van der Waals surface area contributed by atoms with Gasteiger partial charge in [0.15, 0.2) is 0 Å². The number of likely N-dealkylation sites (N-methyl/N-ethyl adjacent to an activating group) is 1. The van der Waals surface area contributed by atoms with E-state index in [-0.39, 0.29) is 71.1 Å². The average Bonchev–Trinajstić information content (AvgIpc) is 2.94. The number of anilines is 3. The number of amides is 1. The monoisotopic (exact) mass is 588 g/mol. The first kappa shape index (κ1) is 29.3. The summed E-state index contributed by atoms with van der Waals surface area (Å²) in [6.07, 6.45) is -3.84. The Bertz CT molecular complexity index is 1550. The third-order valence-corrected chi connectivity index (χ3v) is 7.91. The van der Waals surface area contributed by atoms with E-state index in [1.807, 2.05) is 4.90 Å². The standard InChI is InChI=1S/C28H32F4N8O2/c1-4-22(41)37-10-12-38(13-11-37)25-18-14-21(28(30,31)32)40(24-19(29)8-7-9-20(24)33)26(42)23(18)34-27(35-25)39-15-17(16-39)36(5-2)6-3/h4,7-9,14,17H,1,5-6,10-13,15-16,33H2,2-3H3. The molecule has 1 aromatic carbocycles. The van der Waals surface area contributed by atoms with Crippen LogP contribution in [-0.2, 0) is 11.0 Å². The molecule has 1 amide bonds. The molecule has 2 aromatic heterocycles. The summed E-state index contributed by atoms with van der Waals surface area (Å²) >= 11 is 0. The maximum Gasteiger partial charge on any atom is 0.431 e. The Morgan fingerprint density at radius 1 is 1.12 bits per heavy atom. The van der Waals surface area contributed by atoms with Crippen molar-refractivity contribution in [2.75, 3.05) is 67.9 Å². The molecule has 10 nitrogen and oxygen atoms in total. The fourth-order valence-electron chi connectivity index (χ4n) is 5.60. The molecule has 224 valence electrons. The lowest BCUT2D eigenvalue weighted by Gasteiger charge is -2.45. The topological polar surface area (TPSA) is 104 Å². The van der Waals surface area contributed by atoms with Crippen LogP contribution in [-0.4, -0.2) is 88.6 Å². The summed E-state index contributed by atoms with van der Waals surface area (Å²) in [6, 6.07) is 4.43. The second-order valence-corrected chi connectivity index (χ2v) is 10.3. The van der Waals surface area contributed by atoms with Gasteiger partial charge in [0.05, 0.1) is 11.1 Å². The molecule has 2 N–H and O–H groups in total. The highest BCUT2D eigenvalue weighted by atomic mass is 19.4. The fraction of sp³-hybridized carbons (Fsp3) is 0.429. The van der Waals surface area contributed by atoms with Gasteiger partial charge >= 0.3 is 6.18 Å². The lowest BCUT2D eigenvalue weighted by Crippen LogP contribution is -2.60. The molecule has 0 bridgehead atoms. The van der Waals surface area contributed by atoms with Gasteiger partial charge in [0.2, 0.25) is 11.9 Å². The average molecular weight is 589 g/mol. The maximum atomic E-state index is 14.9. The Hall–Kier alpha value is -4.20. The first-order valence-electron chi connectivity index (χ1n) is 13.7. The van der Waals surface area contributed by atoms with Gasteiger partial charge in [0, 0.05) is 45.3 Å². The summed E-state index contributed by atoms with van der Waals surface area (Å²) in [7, 11) is 0. The fourth-order valence-corrected chi connectivity index (χ4v) is 5.60. The Morgan fingerprint density at radius 2 is 1.79 bits per heavy atom. The van der Waals surface area contributed by atoms with Crippen LogP contribution < -0.4 is 21.1 Å². The predicted octanol–water partition coefficient (Wildman–Crippen LogP) is 2.89. The number of carbonyl (C=O) groups is 1. The largest absolute Gasteiger partial charge is 0.431 e. The molecule has 5 rings (SSSR count). The van der Waals surface area contributed by atoms with Crippen LogP contribution in [0.5, 0.6) is 0 Å². The number of piperazine rings is 1. The zero-order valence-corrected chi connectivity index (χ0v) is 23.4. The van der Waals surface area contributed by atoms with Crippen LogP contribution in [0.25, 0.3) is 16.6 Å². The zero-order chi connectivity index (χ0) is 30.3. The van der Waals surface area contributed by atoms with Crippen LogP contribution in [0.15, 0.2) is 41.7 Å². The third-order valence-electron chi connectivity index (χ3n) is 7.91. The molecule has 2 saturated heterocycles. The Labute approximate surface area is 239 Å². The molecular weight excluding hydrogens is 556 g/mol. The van der Waals surface area contributed by atoms with Gasteiger partial charge in [-0.15, -0.1) is 0 Å². The summed E-state index contributed by atoms with van der Waals surface area (Å²) in [6.45, 7) is 11.6. The molecule has 4 heterocycles. The summed E-state index contributed by atoms with van der Waals surface area (Å²) in [5.41, 5.74) is 2.01. The molecule has 0 atom stereocenters. The molecule has 0 radical (unpaired) electrons. The number of nitrogens with two attached hydrogens (primary N) is 1. The number of hydrogen-bond donors (Lipinski definition) is 1. The number of pyridine rings is 1. The van der Waals surface area contributed by atoms with Crippen molar-refractivity contribution >= 4 is 34.3 Å². The van der Waals surface area contributed by atoms with Gasteiger partial charge in [-0.2, -0.15) is 18.2 Å². The molecule has 2 aliphatic heterocycles. The Kier molecular flexibility index (Phi) is 7.84. The van der Waals surface area contributed by atoms with Crippen molar-refractivity contribution in [1.82, 2.24) is 24.3 Å². The number of nitrogen functional groups attached to an aromatic ring is 1. The van der Waals surface area contributed by atoms with Crippen molar-refractivity contribution in [3.8, 4) is 5.69 Å². The van der Waals surface area contributed by atoms with Gasteiger partial charge in [-0.05, 0) is 37.4 Å². The molecule has 2 fully saturated rings. The van der Waals surface area contributed by atoms with E-state index in [0.29, 0.717) is 13.1 Å². The minimum absolute atomic E-state index is 0.119. The van der Waals surface area contributed by atoms with Crippen molar-refractivity contribution in [2.24, 2.45) is 0 Å². The minimum Gasteiger partial charge on any atom is -0.397 e. The van der Waals surface area contributed by atoms with Gasteiger partial charge in [-0.3, -0.25) is 19.1 Å². The highest BCUT2D eigenvalue weighted by Gasteiger charge is 2.39. The number of benzene rings is 1. The minimum atomic E-state index is -5.04. The highest BCUT2D eigenvalue weighted by Crippen LogP contribution is 2.36. The van der Waals surface area contributed by atoms with Crippen molar-refractivity contribution < 1.29 is 22.4 Å². The normalized spacial score (nSPS) is 16.3. The molecule has 0 spiro atoms. The molecule has 0 aliphatic carbocycles. The quantitative estimate of drug-likeness (QED) is 0.255. The highest BCUT2D eigenvalue weighted by molar-refractivity contribution is 5.91. The number of alkyl halides is 3. The van der Waals surface area contributed by atoms with Gasteiger partial charge in [0.1, 0.15) is 28.5 Å². The summed E-state index contributed by atoms with van der Waals surface area (Å²) < 4.78 is 58.6. The Morgan fingerprint density at radius 3 is 2.36 bits per heavy atom. The molecule has 3 aromatic rings.